The normalized spacial score (nSPS) is 11.4. The lowest BCUT2D eigenvalue weighted by Gasteiger charge is -2.11. The summed E-state index contributed by atoms with van der Waals surface area (Å²) in [5.74, 6) is 0.559. The molecule has 5 nitrogen and oxygen atoms in total. The number of rotatable bonds is 5. The second-order valence-electron chi connectivity index (χ2n) is 6.91. The minimum atomic E-state index is -0.330. The van der Waals surface area contributed by atoms with Gasteiger partial charge in [-0.3, -0.25) is 4.79 Å². The van der Waals surface area contributed by atoms with Gasteiger partial charge in [-0.2, -0.15) is 9.78 Å². The quantitative estimate of drug-likeness (QED) is 0.254. The molecule has 0 aliphatic heterocycles. The molecule has 0 unspecified atom stereocenters. The third-order valence-electron chi connectivity index (χ3n) is 4.59. The first kappa shape index (κ1) is 22.6. The monoisotopic (exact) mass is 577 g/mol. The molecule has 1 heterocycles. The Morgan fingerprint density at radius 3 is 2.75 bits per heavy atom. The zero-order valence-electron chi connectivity index (χ0n) is 16.7. The van der Waals surface area contributed by atoms with Crippen molar-refractivity contribution in [2.24, 2.45) is 5.10 Å². The van der Waals surface area contributed by atoms with Crippen LogP contribution in [-0.2, 0) is 6.61 Å². The Kier molecular flexibility index (Phi) is 6.74. The largest absolute Gasteiger partial charge is 0.486 e. The van der Waals surface area contributed by atoms with Gasteiger partial charge in [-0.1, -0.05) is 39.7 Å². The van der Waals surface area contributed by atoms with Crippen molar-refractivity contribution < 1.29 is 9.13 Å². The van der Waals surface area contributed by atoms with Gasteiger partial charge < -0.3 is 4.74 Å². The van der Waals surface area contributed by atoms with E-state index >= 15 is 0 Å². The summed E-state index contributed by atoms with van der Waals surface area (Å²) >= 11 is 13.2. The first-order valence-electron chi connectivity index (χ1n) is 9.41. The van der Waals surface area contributed by atoms with Crippen molar-refractivity contribution in [2.45, 2.75) is 13.5 Å². The van der Waals surface area contributed by atoms with Crippen molar-refractivity contribution in [3.63, 3.8) is 0 Å². The third kappa shape index (κ3) is 4.92. The summed E-state index contributed by atoms with van der Waals surface area (Å²) in [5.41, 5.74) is 1.67. The van der Waals surface area contributed by atoms with Crippen molar-refractivity contribution in [3.8, 4) is 5.75 Å². The molecule has 9 heteroatoms. The Bertz CT molecular complexity index is 1400. The maximum absolute atomic E-state index is 13.4. The van der Waals surface area contributed by atoms with Gasteiger partial charge in [0.25, 0.3) is 5.56 Å². The predicted molar refractivity (Wildman–Crippen MR) is 131 cm³/mol. The smallest absolute Gasteiger partial charge is 0.282 e. The summed E-state index contributed by atoms with van der Waals surface area (Å²) in [6.07, 6.45) is 1.52. The summed E-state index contributed by atoms with van der Waals surface area (Å²) in [6.45, 7) is 1.88. The van der Waals surface area contributed by atoms with Crippen molar-refractivity contribution in [3.05, 3.63) is 102 Å². The van der Waals surface area contributed by atoms with Crippen LogP contribution >= 0.6 is 43.5 Å². The lowest BCUT2D eigenvalue weighted by atomic mass is 10.2. The second-order valence-corrected chi connectivity index (χ2v) is 9.09. The highest BCUT2D eigenvalue weighted by molar-refractivity contribution is 9.10. The van der Waals surface area contributed by atoms with Crippen LogP contribution in [0.1, 0.15) is 17.0 Å². The topological polar surface area (TPSA) is 56.5 Å². The van der Waals surface area contributed by atoms with Crippen LogP contribution in [0.15, 0.2) is 73.4 Å². The standard InChI is InChI=1S/C23H15Br2ClFN3O2/c1-13-29-21-6-5-16(24)10-18(21)23(31)30(13)28-11-15-8-19(25)22(20(26)9-15)32-12-14-3-2-4-17(27)7-14/h2-11H,12H2,1H3. The lowest BCUT2D eigenvalue weighted by molar-refractivity contribution is 0.304. The number of hydrogen-bond donors (Lipinski definition) is 0. The maximum Gasteiger partial charge on any atom is 0.282 e. The Balaban J connectivity index is 1.61. The van der Waals surface area contributed by atoms with E-state index in [1.54, 1.807) is 43.3 Å². The zero-order chi connectivity index (χ0) is 22.8. The molecule has 0 atom stereocenters. The number of aryl methyl sites for hydroxylation is 1. The molecule has 4 aromatic rings. The molecule has 0 spiro atoms. The van der Waals surface area contributed by atoms with Crippen LogP contribution in [0.2, 0.25) is 5.02 Å². The average Bonchev–Trinajstić information content (AvgIpc) is 2.74. The van der Waals surface area contributed by atoms with Gasteiger partial charge in [0.1, 0.15) is 18.2 Å². The van der Waals surface area contributed by atoms with Gasteiger partial charge in [-0.15, -0.1) is 0 Å². The first-order valence-corrected chi connectivity index (χ1v) is 11.4. The Labute approximate surface area is 204 Å². The van der Waals surface area contributed by atoms with Gasteiger partial charge in [0.15, 0.2) is 5.75 Å². The van der Waals surface area contributed by atoms with Gasteiger partial charge in [-0.25, -0.2) is 9.37 Å². The lowest BCUT2D eigenvalue weighted by Crippen LogP contribution is -2.20. The molecule has 0 N–H and O–H groups in total. The SMILES string of the molecule is Cc1nc2ccc(Br)cc2c(=O)n1N=Cc1cc(Cl)c(OCc2cccc(F)c2)c(Br)c1. The highest BCUT2D eigenvalue weighted by atomic mass is 79.9. The Morgan fingerprint density at radius 2 is 2.00 bits per heavy atom. The minimum Gasteiger partial charge on any atom is -0.486 e. The van der Waals surface area contributed by atoms with Crippen molar-refractivity contribution in [1.29, 1.82) is 0 Å². The summed E-state index contributed by atoms with van der Waals surface area (Å²) in [5, 5.41) is 5.12. The third-order valence-corrected chi connectivity index (χ3v) is 5.95. The van der Waals surface area contributed by atoms with Gasteiger partial charge in [-0.05, 0) is 76.4 Å². The Morgan fingerprint density at radius 1 is 1.19 bits per heavy atom. The summed E-state index contributed by atoms with van der Waals surface area (Å²) in [6, 6.07) is 14.9. The van der Waals surface area contributed by atoms with E-state index in [2.05, 4.69) is 41.9 Å². The second kappa shape index (κ2) is 9.52. The molecule has 0 aliphatic carbocycles. The number of nitrogens with zero attached hydrogens (tertiary/aromatic N) is 3. The van der Waals surface area contributed by atoms with Crippen LogP contribution in [0.4, 0.5) is 4.39 Å². The zero-order valence-corrected chi connectivity index (χ0v) is 20.6. The van der Waals surface area contributed by atoms with Crippen LogP contribution in [0.3, 0.4) is 0 Å². The molecule has 3 aromatic carbocycles. The van der Waals surface area contributed by atoms with E-state index in [0.717, 1.165) is 4.47 Å². The summed E-state index contributed by atoms with van der Waals surface area (Å²) in [4.78, 5) is 17.3. The highest BCUT2D eigenvalue weighted by Crippen LogP contribution is 2.34. The fourth-order valence-electron chi connectivity index (χ4n) is 3.09. The van der Waals surface area contributed by atoms with E-state index < -0.39 is 0 Å². The van der Waals surface area contributed by atoms with Crippen molar-refractivity contribution in [2.75, 3.05) is 0 Å². The Hall–Kier alpha value is -2.55. The number of ether oxygens (including phenoxy) is 1. The molecule has 0 fully saturated rings. The first-order chi connectivity index (χ1) is 15.3. The van der Waals surface area contributed by atoms with Crippen LogP contribution < -0.4 is 10.3 Å². The number of benzene rings is 3. The van der Waals surface area contributed by atoms with Gasteiger partial charge in [0.05, 0.1) is 26.6 Å². The fraction of sp³-hybridized carbons (Fsp3) is 0.0870. The summed E-state index contributed by atoms with van der Waals surface area (Å²) in [7, 11) is 0. The molecule has 0 aliphatic rings. The number of aromatic nitrogens is 2. The van der Waals surface area contributed by atoms with E-state index in [1.807, 2.05) is 6.07 Å². The molecule has 0 radical (unpaired) electrons. The predicted octanol–water partition coefficient (Wildman–Crippen LogP) is 6.48. The van der Waals surface area contributed by atoms with Gasteiger partial charge >= 0.3 is 0 Å². The fourth-order valence-corrected chi connectivity index (χ4v) is 4.44. The number of halogens is 4. The number of fused-ring (bicyclic) bond motifs is 1. The highest BCUT2D eigenvalue weighted by Gasteiger charge is 2.11. The van der Waals surface area contributed by atoms with E-state index in [4.69, 9.17) is 16.3 Å². The van der Waals surface area contributed by atoms with Crippen molar-refractivity contribution >= 4 is 60.6 Å². The number of hydrogen-bond acceptors (Lipinski definition) is 4. The molecule has 0 saturated carbocycles. The molecule has 4 rings (SSSR count). The van der Waals surface area contributed by atoms with E-state index in [9.17, 15) is 9.18 Å². The molecule has 0 amide bonds. The minimum absolute atomic E-state index is 0.163. The van der Waals surface area contributed by atoms with Gasteiger partial charge in [0.2, 0.25) is 0 Å². The molecule has 1 aromatic heterocycles. The maximum atomic E-state index is 13.4. The van der Waals surface area contributed by atoms with Crippen LogP contribution in [0.5, 0.6) is 5.75 Å². The van der Waals surface area contributed by atoms with E-state index in [1.165, 1.54) is 23.0 Å². The van der Waals surface area contributed by atoms with Crippen molar-refractivity contribution in [1.82, 2.24) is 9.66 Å². The molecule has 162 valence electrons. The van der Waals surface area contributed by atoms with Crippen LogP contribution in [-0.4, -0.2) is 15.9 Å². The van der Waals surface area contributed by atoms with E-state index in [0.29, 0.717) is 43.1 Å². The van der Waals surface area contributed by atoms with E-state index in [-0.39, 0.29) is 18.0 Å². The van der Waals surface area contributed by atoms with Crippen LogP contribution in [0.25, 0.3) is 10.9 Å². The van der Waals surface area contributed by atoms with Crippen LogP contribution in [0, 0.1) is 12.7 Å². The molecule has 0 bridgehead atoms. The molecule has 32 heavy (non-hydrogen) atoms. The molecule has 0 saturated heterocycles. The molecular formula is C23H15Br2ClFN3O2. The average molecular weight is 580 g/mol. The van der Waals surface area contributed by atoms with Gasteiger partial charge in [0, 0.05) is 4.47 Å². The summed E-state index contributed by atoms with van der Waals surface area (Å²) < 4.78 is 21.8. The molecular weight excluding hydrogens is 565 g/mol.